The molecule has 0 saturated heterocycles. The summed E-state index contributed by atoms with van der Waals surface area (Å²) in [5.41, 5.74) is 5.48. The summed E-state index contributed by atoms with van der Waals surface area (Å²) >= 11 is 1.81. The first kappa shape index (κ1) is 19.7. The molecule has 1 aromatic heterocycles. The molecule has 1 amide bonds. The van der Waals surface area contributed by atoms with Crippen LogP contribution >= 0.6 is 11.8 Å². The summed E-state index contributed by atoms with van der Waals surface area (Å²) in [5.74, 6) is 2.95. The average Bonchev–Trinajstić information content (AvgIpc) is 3.37. The number of ether oxygens (including phenoxy) is 1. The predicted octanol–water partition coefficient (Wildman–Crippen LogP) is 5.41. The molecular weight excluding hydrogens is 406 g/mol. The van der Waals surface area contributed by atoms with Gasteiger partial charge in [-0.15, -0.1) is 0 Å². The highest BCUT2D eigenvalue weighted by atomic mass is 32.2. The summed E-state index contributed by atoms with van der Waals surface area (Å²) in [6.45, 7) is 4.11. The lowest BCUT2D eigenvalue weighted by Crippen LogP contribution is -2.22. The summed E-state index contributed by atoms with van der Waals surface area (Å²) in [7, 11) is 0. The summed E-state index contributed by atoms with van der Waals surface area (Å²) in [5, 5.41) is 10.1. The van der Waals surface area contributed by atoms with E-state index in [0.717, 1.165) is 50.6 Å². The molecule has 1 N–H and O–H groups in total. The summed E-state index contributed by atoms with van der Waals surface area (Å²) < 4.78 is 7.66. The molecule has 31 heavy (non-hydrogen) atoms. The van der Waals surface area contributed by atoms with Crippen molar-refractivity contribution in [2.45, 2.75) is 25.4 Å². The number of fused-ring (bicyclic) bond motifs is 2. The van der Waals surface area contributed by atoms with Crippen LogP contribution < -0.4 is 10.1 Å². The van der Waals surface area contributed by atoms with Crippen molar-refractivity contribution in [1.82, 2.24) is 9.78 Å². The second-order valence-electron chi connectivity index (χ2n) is 7.74. The third kappa shape index (κ3) is 3.79. The number of nitrogens with one attached hydrogen (secondary N) is 1. The minimum absolute atomic E-state index is 0.0573. The Morgan fingerprint density at radius 2 is 1.90 bits per heavy atom. The van der Waals surface area contributed by atoms with E-state index in [0.29, 0.717) is 5.75 Å². The standard InChI is InChI=1S/C25H23N3O2S/c1-16-6-5-9-23(17(16)2)28-25(21-14-31-15-22(21)27-28)26-24(29)13-30-20-11-10-18-7-3-4-8-19(18)12-20/h3-12H,13-15H2,1-2H3,(H,26,29). The molecule has 3 aromatic carbocycles. The Morgan fingerprint density at radius 1 is 1.06 bits per heavy atom. The Labute approximate surface area is 185 Å². The van der Waals surface area contributed by atoms with Gasteiger partial charge >= 0.3 is 0 Å². The van der Waals surface area contributed by atoms with Crippen LogP contribution in [0.15, 0.2) is 60.7 Å². The van der Waals surface area contributed by atoms with E-state index in [1.54, 1.807) is 0 Å². The van der Waals surface area contributed by atoms with E-state index >= 15 is 0 Å². The van der Waals surface area contributed by atoms with E-state index in [-0.39, 0.29) is 12.5 Å². The number of amides is 1. The number of aromatic nitrogens is 2. The first-order chi connectivity index (χ1) is 15.1. The van der Waals surface area contributed by atoms with Crippen LogP contribution in [0.3, 0.4) is 0 Å². The molecule has 0 radical (unpaired) electrons. The van der Waals surface area contributed by atoms with Crippen LogP contribution in [0.2, 0.25) is 0 Å². The second-order valence-corrected chi connectivity index (χ2v) is 8.73. The maximum absolute atomic E-state index is 12.8. The molecule has 4 aromatic rings. The second kappa shape index (κ2) is 8.12. The van der Waals surface area contributed by atoms with Crippen molar-refractivity contribution < 1.29 is 9.53 Å². The quantitative estimate of drug-likeness (QED) is 0.461. The van der Waals surface area contributed by atoms with Crippen molar-refractivity contribution in [3.63, 3.8) is 0 Å². The zero-order valence-corrected chi connectivity index (χ0v) is 18.3. The number of carbonyl (C=O) groups is 1. The van der Waals surface area contributed by atoms with Gasteiger partial charge in [0, 0.05) is 17.1 Å². The molecule has 5 nitrogen and oxygen atoms in total. The SMILES string of the molecule is Cc1cccc(-n2nc3c(c2NC(=O)COc2ccc4ccccc4c2)CSC3)c1C. The molecule has 1 aliphatic heterocycles. The van der Waals surface area contributed by atoms with E-state index in [1.807, 2.05) is 65.0 Å². The van der Waals surface area contributed by atoms with E-state index < -0.39 is 0 Å². The van der Waals surface area contributed by atoms with Gasteiger partial charge in [0.05, 0.1) is 11.4 Å². The van der Waals surface area contributed by atoms with Crippen molar-refractivity contribution in [2.24, 2.45) is 0 Å². The number of hydrogen-bond acceptors (Lipinski definition) is 4. The molecule has 156 valence electrons. The number of rotatable bonds is 5. The lowest BCUT2D eigenvalue weighted by Gasteiger charge is -2.14. The molecule has 0 atom stereocenters. The van der Waals surface area contributed by atoms with Gasteiger partial charge in [0.25, 0.3) is 5.91 Å². The summed E-state index contributed by atoms with van der Waals surface area (Å²) in [6, 6.07) is 20.1. The average molecular weight is 430 g/mol. The number of thioether (sulfide) groups is 1. The van der Waals surface area contributed by atoms with Crippen LogP contribution in [0, 0.1) is 13.8 Å². The monoisotopic (exact) mass is 429 g/mol. The van der Waals surface area contributed by atoms with Crippen LogP contribution in [0.1, 0.15) is 22.4 Å². The highest BCUT2D eigenvalue weighted by Gasteiger charge is 2.25. The first-order valence-electron chi connectivity index (χ1n) is 10.3. The van der Waals surface area contributed by atoms with Gasteiger partial charge in [-0.1, -0.05) is 42.5 Å². The number of carbonyl (C=O) groups excluding carboxylic acids is 1. The fourth-order valence-corrected chi connectivity index (χ4v) is 4.89. The first-order valence-corrected chi connectivity index (χ1v) is 11.4. The number of anilines is 1. The molecule has 0 fully saturated rings. The molecular formula is C25H23N3O2S. The van der Waals surface area contributed by atoms with Crippen molar-refractivity contribution in [3.05, 3.63) is 83.0 Å². The third-order valence-electron chi connectivity index (χ3n) is 5.70. The normalized spacial score (nSPS) is 12.7. The molecule has 1 aliphatic rings. The summed E-state index contributed by atoms with van der Waals surface area (Å²) in [4.78, 5) is 12.8. The Kier molecular flexibility index (Phi) is 5.16. The largest absolute Gasteiger partial charge is 0.484 e. The maximum Gasteiger partial charge on any atom is 0.263 e. The minimum Gasteiger partial charge on any atom is -0.484 e. The number of aryl methyl sites for hydroxylation is 1. The van der Waals surface area contributed by atoms with Crippen molar-refractivity contribution >= 4 is 34.3 Å². The van der Waals surface area contributed by atoms with Crippen molar-refractivity contribution in [1.29, 1.82) is 0 Å². The number of hydrogen-bond donors (Lipinski definition) is 1. The van der Waals surface area contributed by atoms with Crippen LogP contribution in [-0.4, -0.2) is 22.3 Å². The van der Waals surface area contributed by atoms with Crippen LogP contribution in [-0.2, 0) is 16.3 Å². The number of benzene rings is 3. The topological polar surface area (TPSA) is 56.2 Å². The lowest BCUT2D eigenvalue weighted by atomic mass is 10.1. The van der Waals surface area contributed by atoms with Gasteiger partial charge < -0.3 is 10.1 Å². The smallest absolute Gasteiger partial charge is 0.263 e. The zero-order chi connectivity index (χ0) is 21.4. The number of nitrogens with zero attached hydrogens (tertiary/aromatic N) is 2. The van der Waals surface area contributed by atoms with E-state index in [4.69, 9.17) is 9.84 Å². The van der Waals surface area contributed by atoms with Gasteiger partial charge in [-0.3, -0.25) is 4.79 Å². The Morgan fingerprint density at radius 3 is 2.77 bits per heavy atom. The lowest BCUT2D eigenvalue weighted by molar-refractivity contribution is -0.118. The van der Waals surface area contributed by atoms with E-state index in [9.17, 15) is 4.79 Å². The van der Waals surface area contributed by atoms with Crippen molar-refractivity contribution in [3.8, 4) is 11.4 Å². The van der Waals surface area contributed by atoms with Crippen LogP contribution in [0.25, 0.3) is 16.5 Å². The van der Waals surface area contributed by atoms with Crippen molar-refractivity contribution in [2.75, 3.05) is 11.9 Å². The molecule has 5 rings (SSSR count). The molecule has 0 unspecified atom stereocenters. The Bertz CT molecular complexity index is 1300. The highest BCUT2D eigenvalue weighted by Crippen LogP contribution is 2.36. The van der Waals surface area contributed by atoms with Gasteiger partial charge in [0.2, 0.25) is 0 Å². The van der Waals surface area contributed by atoms with E-state index in [2.05, 4.69) is 31.3 Å². The Hall–Kier alpha value is -3.25. The van der Waals surface area contributed by atoms with Gasteiger partial charge in [-0.2, -0.15) is 16.9 Å². The molecule has 6 heteroatoms. The molecule has 0 saturated carbocycles. The molecule has 2 heterocycles. The molecule has 0 spiro atoms. The molecule has 0 bridgehead atoms. The zero-order valence-electron chi connectivity index (χ0n) is 17.5. The predicted molar refractivity (Wildman–Crippen MR) is 126 cm³/mol. The third-order valence-corrected chi connectivity index (χ3v) is 6.68. The molecule has 0 aliphatic carbocycles. The fraction of sp³-hybridized carbons (Fsp3) is 0.200. The van der Waals surface area contributed by atoms with Gasteiger partial charge in [0.1, 0.15) is 11.6 Å². The van der Waals surface area contributed by atoms with Gasteiger partial charge in [0.15, 0.2) is 6.61 Å². The highest BCUT2D eigenvalue weighted by molar-refractivity contribution is 7.98. The van der Waals surface area contributed by atoms with Gasteiger partial charge in [-0.25, -0.2) is 4.68 Å². The maximum atomic E-state index is 12.8. The summed E-state index contributed by atoms with van der Waals surface area (Å²) in [6.07, 6.45) is 0. The van der Waals surface area contributed by atoms with Crippen LogP contribution in [0.4, 0.5) is 5.82 Å². The van der Waals surface area contributed by atoms with E-state index in [1.165, 1.54) is 5.56 Å². The minimum atomic E-state index is -0.195. The van der Waals surface area contributed by atoms with Crippen LogP contribution in [0.5, 0.6) is 5.75 Å². The Balaban J connectivity index is 1.38. The fourth-order valence-electron chi connectivity index (χ4n) is 3.85. The van der Waals surface area contributed by atoms with Gasteiger partial charge in [-0.05, 0) is 53.9 Å².